The number of aromatic nitrogens is 2. The predicted octanol–water partition coefficient (Wildman–Crippen LogP) is 2.89. The zero-order valence-electron chi connectivity index (χ0n) is 11.0. The Morgan fingerprint density at radius 3 is 2.84 bits per heavy atom. The van der Waals surface area contributed by atoms with E-state index in [2.05, 4.69) is 27.1 Å². The first-order valence-corrected chi connectivity index (χ1v) is 6.88. The van der Waals surface area contributed by atoms with Crippen molar-refractivity contribution in [3.8, 4) is 0 Å². The molecule has 2 aromatic rings. The molecule has 1 aromatic heterocycles. The van der Waals surface area contributed by atoms with E-state index >= 15 is 0 Å². The minimum atomic E-state index is -0.0606. The molecule has 0 saturated heterocycles. The summed E-state index contributed by atoms with van der Waals surface area (Å²) in [5.74, 6) is 0. The normalized spacial score (nSPS) is 12.6. The third-order valence-electron chi connectivity index (χ3n) is 3.02. The van der Waals surface area contributed by atoms with Gasteiger partial charge in [0.2, 0.25) is 0 Å². The van der Waals surface area contributed by atoms with Crippen molar-refractivity contribution in [3.63, 3.8) is 0 Å². The fraction of sp³-hybridized carbons (Fsp3) is 0.357. The lowest BCUT2D eigenvalue weighted by atomic mass is 10.2. The van der Waals surface area contributed by atoms with Crippen molar-refractivity contribution in [2.75, 3.05) is 7.11 Å². The van der Waals surface area contributed by atoms with E-state index in [0.29, 0.717) is 12.2 Å². The quantitative estimate of drug-likeness (QED) is 0.919. The van der Waals surface area contributed by atoms with Gasteiger partial charge >= 0.3 is 0 Å². The predicted molar refractivity (Wildman–Crippen MR) is 76.8 cm³/mol. The second-order valence-electron chi connectivity index (χ2n) is 4.38. The highest BCUT2D eigenvalue weighted by Gasteiger charge is 2.14. The molecule has 0 spiro atoms. The number of aliphatic hydroxyl groups excluding tert-OH is 1. The van der Waals surface area contributed by atoms with Gasteiger partial charge in [-0.25, -0.2) is 0 Å². The molecule has 1 N–H and O–H groups in total. The molecular weight excluding hydrogens is 308 g/mol. The molecule has 1 heterocycles. The van der Waals surface area contributed by atoms with Crippen LogP contribution in [0.3, 0.4) is 0 Å². The van der Waals surface area contributed by atoms with Crippen LogP contribution in [0.1, 0.15) is 30.0 Å². The summed E-state index contributed by atoms with van der Waals surface area (Å²) in [6.45, 7) is 2.56. The lowest BCUT2D eigenvalue weighted by Crippen LogP contribution is -2.10. The van der Waals surface area contributed by atoms with Crippen LogP contribution in [0.2, 0.25) is 0 Å². The minimum absolute atomic E-state index is 0.0556. The van der Waals surface area contributed by atoms with Gasteiger partial charge in [0, 0.05) is 11.6 Å². The highest BCUT2D eigenvalue weighted by molar-refractivity contribution is 9.10. The summed E-state index contributed by atoms with van der Waals surface area (Å²) in [6.07, 6.45) is -0.0556. The van der Waals surface area contributed by atoms with Crippen LogP contribution in [0.4, 0.5) is 0 Å². The second-order valence-corrected chi connectivity index (χ2v) is 5.30. The number of benzene rings is 1. The Morgan fingerprint density at radius 1 is 1.42 bits per heavy atom. The van der Waals surface area contributed by atoms with Gasteiger partial charge < -0.3 is 9.84 Å². The summed E-state index contributed by atoms with van der Waals surface area (Å²) in [4.78, 5) is 0. The highest BCUT2D eigenvalue weighted by Crippen LogP contribution is 2.20. The van der Waals surface area contributed by atoms with E-state index in [4.69, 9.17) is 4.74 Å². The van der Waals surface area contributed by atoms with Gasteiger partial charge in [0.05, 0.1) is 30.6 Å². The number of ether oxygens (including phenoxy) is 1. The van der Waals surface area contributed by atoms with Gasteiger partial charge in [-0.2, -0.15) is 5.10 Å². The lowest BCUT2D eigenvalue weighted by Gasteiger charge is -2.12. The Kier molecular flexibility index (Phi) is 4.74. The van der Waals surface area contributed by atoms with E-state index in [1.54, 1.807) is 7.11 Å². The zero-order chi connectivity index (χ0) is 13.8. The van der Waals surface area contributed by atoms with Crippen molar-refractivity contribution >= 4 is 15.9 Å². The van der Waals surface area contributed by atoms with Crippen LogP contribution in [0.25, 0.3) is 0 Å². The number of hydrogen-bond donors (Lipinski definition) is 1. The lowest BCUT2D eigenvalue weighted by molar-refractivity contribution is 0.112. The summed E-state index contributed by atoms with van der Waals surface area (Å²) >= 11 is 3.46. The van der Waals surface area contributed by atoms with Crippen molar-refractivity contribution in [2.24, 2.45) is 0 Å². The maximum Gasteiger partial charge on any atom is 0.0959 e. The minimum Gasteiger partial charge on any atom is -0.390 e. The third kappa shape index (κ3) is 3.43. The first kappa shape index (κ1) is 14.2. The Balaban J connectivity index is 2.30. The zero-order valence-corrected chi connectivity index (χ0v) is 12.6. The average Bonchev–Trinajstić information content (AvgIpc) is 2.81. The Hall–Kier alpha value is -1.17. The van der Waals surface area contributed by atoms with Crippen LogP contribution in [-0.2, 0) is 17.9 Å². The molecule has 0 saturated carbocycles. The molecule has 4 nitrogen and oxygen atoms in total. The molecule has 0 aliphatic rings. The molecular formula is C14H17BrN2O2. The fourth-order valence-electron chi connectivity index (χ4n) is 1.95. The smallest absolute Gasteiger partial charge is 0.0959 e. The summed E-state index contributed by atoms with van der Waals surface area (Å²) in [6, 6.07) is 9.97. The van der Waals surface area contributed by atoms with Crippen molar-refractivity contribution in [3.05, 3.63) is 51.8 Å². The van der Waals surface area contributed by atoms with Crippen LogP contribution < -0.4 is 0 Å². The monoisotopic (exact) mass is 324 g/mol. The molecule has 102 valence electrons. The van der Waals surface area contributed by atoms with Crippen molar-refractivity contribution in [1.82, 2.24) is 9.78 Å². The largest absolute Gasteiger partial charge is 0.390 e. The summed E-state index contributed by atoms with van der Waals surface area (Å²) < 4.78 is 8.26. The van der Waals surface area contributed by atoms with Gasteiger partial charge in [0.1, 0.15) is 0 Å². The average molecular weight is 325 g/mol. The van der Waals surface area contributed by atoms with E-state index in [1.165, 1.54) is 0 Å². The van der Waals surface area contributed by atoms with Crippen LogP contribution in [0.15, 0.2) is 34.8 Å². The molecule has 1 atom stereocenters. The van der Waals surface area contributed by atoms with Gasteiger partial charge in [0.25, 0.3) is 0 Å². The van der Waals surface area contributed by atoms with Crippen molar-refractivity contribution < 1.29 is 9.84 Å². The van der Waals surface area contributed by atoms with E-state index in [1.807, 2.05) is 35.9 Å². The molecule has 5 heteroatoms. The number of halogens is 1. The molecule has 0 aliphatic heterocycles. The van der Waals surface area contributed by atoms with Gasteiger partial charge in [-0.05, 0) is 30.7 Å². The van der Waals surface area contributed by atoms with E-state index in [-0.39, 0.29) is 12.7 Å². The number of rotatable bonds is 5. The Labute approximate surface area is 121 Å². The summed E-state index contributed by atoms with van der Waals surface area (Å²) in [7, 11) is 1.67. The van der Waals surface area contributed by atoms with E-state index < -0.39 is 0 Å². The first-order valence-electron chi connectivity index (χ1n) is 6.08. The van der Waals surface area contributed by atoms with Gasteiger partial charge in [-0.3, -0.25) is 4.68 Å². The van der Waals surface area contributed by atoms with Crippen LogP contribution in [0, 0.1) is 0 Å². The molecule has 0 aliphatic carbocycles. The molecule has 0 fully saturated rings. The summed E-state index contributed by atoms with van der Waals surface area (Å²) in [5.41, 5.74) is 2.77. The number of nitrogens with zero attached hydrogens (tertiary/aromatic N) is 2. The highest BCUT2D eigenvalue weighted by atomic mass is 79.9. The first-order chi connectivity index (χ1) is 9.13. The van der Waals surface area contributed by atoms with Crippen molar-refractivity contribution in [2.45, 2.75) is 26.2 Å². The number of aliphatic hydroxyl groups is 1. The molecule has 0 radical (unpaired) electrons. The van der Waals surface area contributed by atoms with Crippen LogP contribution >= 0.6 is 15.9 Å². The summed E-state index contributed by atoms with van der Waals surface area (Å²) in [5, 5.41) is 13.6. The fourth-order valence-corrected chi connectivity index (χ4v) is 2.39. The maximum absolute atomic E-state index is 9.22. The molecule has 1 aromatic carbocycles. The van der Waals surface area contributed by atoms with Gasteiger partial charge in [0.15, 0.2) is 0 Å². The van der Waals surface area contributed by atoms with Gasteiger partial charge in [-0.15, -0.1) is 0 Å². The number of methoxy groups -OCH3 is 1. The standard InChI is InChI=1S/C14H17BrN2O2/c1-10(19-2)14-7-13(9-18)16-17(14)8-11-4-3-5-12(15)6-11/h3-7,10,18H,8-9H2,1-2H3. The third-order valence-corrected chi connectivity index (χ3v) is 3.51. The molecule has 19 heavy (non-hydrogen) atoms. The topological polar surface area (TPSA) is 47.3 Å². The Bertz CT molecular complexity index is 554. The van der Waals surface area contributed by atoms with Crippen LogP contribution in [0.5, 0.6) is 0 Å². The van der Waals surface area contributed by atoms with Crippen LogP contribution in [-0.4, -0.2) is 22.0 Å². The second kappa shape index (κ2) is 6.32. The maximum atomic E-state index is 9.22. The molecule has 0 bridgehead atoms. The number of hydrogen-bond acceptors (Lipinski definition) is 3. The molecule has 1 unspecified atom stereocenters. The van der Waals surface area contributed by atoms with Gasteiger partial charge in [-0.1, -0.05) is 28.1 Å². The Morgan fingerprint density at radius 2 is 2.21 bits per heavy atom. The van der Waals surface area contributed by atoms with Crippen molar-refractivity contribution in [1.29, 1.82) is 0 Å². The molecule has 2 rings (SSSR count). The molecule has 0 amide bonds. The van der Waals surface area contributed by atoms with E-state index in [9.17, 15) is 5.11 Å². The SMILES string of the molecule is COC(C)c1cc(CO)nn1Cc1cccc(Br)c1. The van der Waals surface area contributed by atoms with E-state index in [0.717, 1.165) is 15.7 Å².